The van der Waals surface area contributed by atoms with E-state index >= 15 is 0 Å². The molecule has 0 aliphatic heterocycles. The minimum Gasteiger partial charge on any atom is -0.455 e. The smallest absolute Gasteiger partial charge is 0.216 e. The summed E-state index contributed by atoms with van der Waals surface area (Å²) in [5.41, 5.74) is -6.70. The van der Waals surface area contributed by atoms with Crippen molar-refractivity contribution in [2.24, 2.45) is 51.8 Å². The number of nitrogens with zero attached hydrogens (tertiary/aromatic N) is 4. The molecule has 8 aromatic heterocycles. The summed E-state index contributed by atoms with van der Waals surface area (Å²) in [5, 5.41) is 3.59. The number of fused-ring (bicyclic) bond motifs is 28. The first-order valence-electron chi connectivity index (χ1n) is 83.8. The van der Waals surface area contributed by atoms with Gasteiger partial charge in [-0.25, -0.2) is 18.3 Å². The molecule has 4 aliphatic carbocycles. The molecule has 0 spiro atoms. The van der Waals surface area contributed by atoms with Crippen LogP contribution in [0.4, 0.5) is 0 Å². The van der Waals surface area contributed by atoms with Crippen LogP contribution >= 0.6 is 0 Å². The van der Waals surface area contributed by atoms with E-state index in [1.807, 2.05) is 37.3 Å². The Hall–Kier alpha value is -13.6. The second-order valence-electron chi connectivity index (χ2n) is 38.9. The predicted molar refractivity (Wildman–Crippen MR) is 634 cm³/mol. The highest BCUT2D eigenvalue weighted by Gasteiger charge is 2.51. The molecule has 150 heavy (non-hydrogen) atoms. The molecule has 0 saturated carbocycles. The molecule has 0 radical (unpaired) electrons. The van der Waals surface area contributed by atoms with E-state index in [0.29, 0.717) is 122 Å². The third kappa shape index (κ3) is 16.0. The minimum atomic E-state index is -4.37. The SMILES string of the molecule is C.C.[2H]C([2H])([2H])CC1(CC([2H])([2H])[2H])c2ccccc2-c2c1ccc1c2oc2c(-c3cc(C([2H])([2H])[2H])c(C([2H])(C)C([2H])([2H])[2H])c[n+]3C)c(C)ccc21.[2H]C([2H])([2H])c1cc(-c2c(C)ccc3c2oc2c4c(ccc23)-c2ccccc2C4(C([2H])([2H])[2H])C([2H])([2H])[2H])[n+](C)cc1C([2H])(C)C([2H])([2H])[2H].[2H]C([2H])([2H])c1cc(-c2c(C)ccc3c2oc2c4c(ccc23)C(C([2H])(C([2H])([2H])[2H])C([2H])([2H])[2H])(C([2H])(C([2H])([2H])[2H])C([2H])([2H])[2H])c2ccccc2-4)[n+](C)cc1C([2H])(C)C([2H])([2H])[2H].[2H]C([2H])([2H])c1cc(-c2c(C)ccc3c2oc2c4c(ccc23)C(C([2H])([2H])C([2H])(C([2H])([2H])[2H])C([2H])([2H])[2H])(C([2H])([2H])C([2H])(C([2H])([2H])[2H])C([2H])([2H])[2H])c2ccccc2-4)[n+](C)cc1C([2H])(C)C([2H])([2H])[2H]. The zero-order valence-corrected chi connectivity index (χ0v) is 82.9. The van der Waals surface area contributed by atoms with E-state index in [9.17, 15) is 11.0 Å². The standard InChI is InChI=1S/C38H44NO.C36H40NO.C34H36NO.C32H32NO.2CH4/c1-22(2)19-38(20-23(3)4)31-13-11-10-12-29(31)35-32(38)17-16-28-27-15-14-25(7)34(36(27)40-37(28)35)33-18-26(8)30(24(5)6)21-39(33)9;1-20(2)28-19-37(9)31(18-24(28)8)32-23(7)14-15-25-26-16-17-30-33(35(26)38-34(25)32)27-12-10-11-13-29(27)36(30,21(3)4)22(5)6;1-8-34(9-2)27-13-11-10-12-25(27)31-28(34)17-16-24-23-15-14-21(5)30(32(23)36-33(24)31)29-18-22(6)26(20(3)4)19-35(29)7;1-18(2)25-17-33(7)27(16-20(25)4)28-19(3)12-13-23-24-15-14-22-21-10-8-9-11-26(21)32(5,6)29(22)31(24)34-30(23)28;;/h10-18,21-24H,19-20H2,1-9H3;10-22H,1-9H3;10-20H,8-9H2,1-7H3;8-18H,1-7H3;2*1H4/q4*+1;;/i1D3,2D3,3D3,4D3,5D3,8D3,19D2,20D2,22D,23D,24D;1D3,3D3,4D3,5D3,6D3,8D3,20D,21D,22D;1D3,2D3,3D3,6D3,20D;1D3,4D3,5D3,6D3,18D;;. The molecule has 4 aliphatic rings. The Bertz CT molecular complexity index is 11900. The quantitative estimate of drug-likeness (QED) is 0.0904. The zero-order valence-electron chi connectivity index (χ0n) is 155. The molecular weight excluding hydrogens is 1830 g/mol. The Labute approximate surface area is 994 Å². The third-order valence-corrected chi connectivity index (χ3v) is 30.0. The molecule has 8 heterocycles. The fraction of sp³-hybridized carbons (Fsp3) is 0.352. The molecule has 0 bridgehead atoms. The van der Waals surface area contributed by atoms with Crippen LogP contribution in [0, 0.1) is 78.7 Å². The van der Waals surface area contributed by atoms with Gasteiger partial charge in [0.1, 0.15) is 72.9 Å². The molecule has 4 unspecified atom stereocenters. The first kappa shape index (κ1) is 48.8. The highest BCUT2D eigenvalue weighted by molar-refractivity contribution is 6.19. The van der Waals surface area contributed by atoms with Gasteiger partial charge in [-0.05, 0) is 245 Å². The van der Waals surface area contributed by atoms with Crippen molar-refractivity contribution in [1.82, 2.24) is 0 Å². The largest absolute Gasteiger partial charge is 0.455 e. The van der Waals surface area contributed by atoms with Gasteiger partial charge in [-0.15, -0.1) is 0 Å². The summed E-state index contributed by atoms with van der Waals surface area (Å²) in [4.78, 5) is 0. The van der Waals surface area contributed by atoms with Gasteiger partial charge in [-0.1, -0.05) is 340 Å². The van der Waals surface area contributed by atoms with Crippen molar-refractivity contribution in [3.63, 3.8) is 0 Å². The lowest BCUT2D eigenvalue weighted by atomic mass is 9.63. The molecular formula is C142H160N4O4+4. The van der Waals surface area contributed by atoms with Crippen molar-refractivity contribution in [2.45, 2.75) is 278 Å². The van der Waals surface area contributed by atoms with Crippen molar-refractivity contribution < 1.29 is 135 Å². The van der Waals surface area contributed by atoms with E-state index < -0.39 is 252 Å². The number of rotatable bonds is 16. The second kappa shape index (κ2) is 39.0. The highest BCUT2D eigenvalue weighted by Crippen LogP contribution is 2.63. The van der Waals surface area contributed by atoms with Crippen molar-refractivity contribution in [3.05, 3.63) is 354 Å². The fourth-order valence-corrected chi connectivity index (χ4v) is 23.1. The van der Waals surface area contributed by atoms with Crippen molar-refractivity contribution in [1.29, 1.82) is 0 Å². The number of furan rings is 4. The molecule has 0 saturated heterocycles. The van der Waals surface area contributed by atoms with Crippen LogP contribution in [0.5, 0.6) is 0 Å². The van der Waals surface area contributed by atoms with Gasteiger partial charge in [0.05, 0.1) is 22.3 Å². The fourth-order valence-electron chi connectivity index (χ4n) is 23.1. The molecule has 4 atom stereocenters. The Balaban J connectivity index is 0.000000174. The summed E-state index contributed by atoms with van der Waals surface area (Å²) < 4.78 is 645. The molecule has 0 amide bonds. The van der Waals surface area contributed by atoms with Crippen LogP contribution in [0.25, 0.3) is 177 Å². The number of benzene rings is 12. The van der Waals surface area contributed by atoms with Gasteiger partial charge < -0.3 is 17.7 Å². The van der Waals surface area contributed by atoms with E-state index in [0.717, 1.165) is 50.6 Å². The minimum absolute atomic E-state index is 0. The summed E-state index contributed by atoms with van der Waals surface area (Å²) in [5.74, 6) is -25.9. The van der Waals surface area contributed by atoms with Crippen LogP contribution < -0.4 is 18.3 Å². The maximum atomic E-state index is 9.77. The first-order chi connectivity index (χ1) is 99.2. The maximum Gasteiger partial charge on any atom is 0.216 e. The van der Waals surface area contributed by atoms with Gasteiger partial charge in [0.25, 0.3) is 0 Å². The van der Waals surface area contributed by atoms with Crippen molar-refractivity contribution in [2.75, 3.05) is 0 Å². The topological polar surface area (TPSA) is 68.1 Å². The van der Waals surface area contributed by atoms with Crippen molar-refractivity contribution >= 4 is 87.8 Å². The van der Waals surface area contributed by atoms with Gasteiger partial charge in [0.2, 0.25) is 22.8 Å². The molecule has 12 aromatic carbocycles. The zero-order chi connectivity index (χ0) is 166. The summed E-state index contributed by atoms with van der Waals surface area (Å²) in [6.45, 7) is -54.7. The lowest BCUT2D eigenvalue weighted by molar-refractivity contribution is -0.661. The van der Waals surface area contributed by atoms with Gasteiger partial charge in [-0.3, -0.25) is 0 Å². The number of aryl methyl sites for hydroxylation is 12. The van der Waals surface area contributed by atoms with Gasteiger partial charge in [0.15, 0.2) is 24.8 Å². The van der Waals surface area contributed by atoms with Crippen LogP contribution in [0.15, 0.2) is 261 Å². The van der Waals surface area contributed by atoms with Crippen LogP contribution in [-0.4, -0.2) is 0 Å². The van der Waals surface area contributed by atoms with Gasteiger partial charge in [-0.2, -0.15) is 0 Å². The summed E-state index contributed by atoms with van der Waals surface area (Å²) in [6, 6.07) is 55.0. The van der Waals surface area contributed by atoms with Crippen LogP contribution in [0.1, 0.15) is 411 Å². The number of aromatic nitrogens is 4. The average molecular weight is 2060 g/mol. The van der Waals surface area contributed by atoms with E-state index in [-0.39, 0.29) is 156 Å². The summed E-state index contributed by atoms with van der Waals surface area (Å²) in [7, 11) is 6.28. The molecule has 8 nitrogen and oxygen atoms in total. The Morgan fingerprint density at radius 1 is 0.287 bits per heavy atom. The number of hydrogen-bond donors (Lipinski definition) is 0. The Morgan fingerprint density at radius 2 is 0.580 bits per heavy atom. The predicted octanol–water partition coefficient (Wildman–Crippen LogP) is 37.9. The number of pyridine rings is 4. The van der Waals surface area contributed by atoms with Crippen LogP contribution in [0.3, 0.4) is 0 Å². The lowest BCUT2D eigenvalue weighted by Crippen LogP contribution is -2.37. The molecule has 0 N–H and O–H groups in total. The first-order valence-corrected chi connectivity index (χ1v) is 47.8. The third-order valence-electron chi connectivity index (χ3n) is 30.0. The normalized spacial score (nSPS) is 24.8. The molecule has 0 fully saturated rings. The van der Waals surface area contributed by atoms with Gasteiger partial charge in [0, 0.05) is 232 Å². The van der Waals surface area contributed by atoms with E-state index in [1.54, 1.807) is 129 Å². The maximum absolute atomic E-state index is 9.77. The molecule has 24 rings (SSSR count). The van der Waals surface area contributed by atoms with Gasteiger partial charge >= 0.3 is 0 Å². The van der Waals surface area contributed by atoms with Crippen LogP contribution in [-0.2, 0) is 49.9 Å². The molecule has 768 valence electrons. The number of hydrogen-bond acceptors (Lipinski definition) is 4. The Morgan fingerprint density at radius 3 is 0.927 bits per heavy atom. The summed E-state index contributed by atoms with van der Waals surface area (Å²) >= 11 is 0. The van der Waals surface area contributed by atoms with E-state index in [2.05, 4.69) is 0 Å². The Kier molecular flexibility index (Phi) is 12.7. The average Bonchev–Trinajstić information content (AvgIpc) is 1.46. The van der Waals surface area contributed by atoms with E-state index in [4.69, 9.17) is 105 Å². The van der Waals surface area contributed by atoms with E-state index in [1.165, 1.54) is 134 Å². The highest BCUT2D eigenvalue weighted by atomic mass is 16.3. The summed E-state index contributed by atoms with van der Waals surface area (Å²) in [6.07, 6.45) is -4.29. The molecule has 8 heteroatoms. The van der Waals surface area contributed by atoms with Crippen molar-refractivity contribution in [3.8, 4) is 89.5 Å². The molecule has 20 aromatic rings. The second-order valence-corrected chi connectivity index (χ2v) is 38.9. The monoisotopic (exact) mass is 2060 g/mol. The lowest BCUT2D eigenvalue weighted by Gasteiger charge is -2.40. The van der Waals surface area contributed by atoms with Crippen LogP contribution in [0.2, 0.25) is 0 Å².